The van der Waals surface area contributed by atoms with Gasteiger partial charge >= 0.3 is 0 Å². The highest BCUT2D eigenvalue weighted by atomic mass is 16.3. The van der Waals surface area contributed by atoms with Gasteiger partial charge in [-0.05, 0) is 32.3 Å². The summed E-state index contributed by atoms with van der Waals surface area (Å²) in [7, 11) is 1.87. The molecule has 4 heteroatoms. The van der Waals surface area contributed by atoms with E-state index in [9.17, 15) is 10.2 Å². The number of aliphatic hydroxyl groups excluding tert-OH is 1. The molecule has 0 aliphatic heterocycles. The molecule has 86 valence electrons. The molecule has 0 amide bonds. The number of hydrogen-bond acceptors (Lipinski definition) is 3. The highest BCUT2D eigenvalue weighted by Gasteiger charge is 2.27. The van der Waals surface area contributed by atoms with Crippen LogP contribution in [0.15, 0.2) is 12.3 Å². The molecule has 0 spiro atoms. The van der Waals surface area contributed by atoms with E-state index in [0.717, 1.165) is 12.1 Å². The molecule has 0 aliphatic rings. The van der Waals surface area contributed by atoms with Gasteiger partial charge in [0.25, 0.3) is 0 Å². The van der Waals surface area contributed by atoms with Crippen LogP contribution in [-0.2, 0) is 13.5 Å². The van der Waals surface area contributed by atoms with Gasteiger partial charge in [0.15, 0.2) is 0 Å². The third-order valence-electron chi connectivity index (χ3n) is 3.03. The van der Waals surface area contributed by atoms with Gasteiger partial charge in [0.2, 0.25) is 0 Å². The van der Waals surface area contributed by atoms with Crippen LogP contribution in [0.2, 0.25) is 0 Å². The van der Waals surface area contributed by atoms with Crippen LogP contribution >= 0.6 is 0 Å². The summed E-state index contributed by atoms with van der Waals surface area (Å²) in [6.45, 7) is 3.54. The van der Waals surface area contributed by atoms with Crippen molar-refractivity contribution >= 4 is 0 Å². The first kappa shape index (κ1) is 12.2. The topological polar surface area (TPSA) is 58.3 Å². The van der Waals surface area contributed by atoms with Crippen molar-refractivity contribution in [3.05, 3.63) is 18.0 Å². The Balaban J connectivity index is 2.48. The highest BCUT2D eigenvalue weighted by molar-refractivity contribution is 5.00. The van der Waals surface area contributed by atoms with Gasteiger partial charge in [-0.15, -0.1) is 0 Å². The summed E-state index contributed by atoms with van der Waals surface area (Å²) in [4.78, 5) is 0. The monoisotopic (exact) mass is 212 g/mol. The van der Waals surface area contributed by atoms with Crippen molar-refractivity contribution in [3.63, 3.8) is 0 Å². The zero-order valence-electron chi connectivity index (χ0n) is 9.64. The van der Waals surface area contributed by atoms with Crippen molar-refractivity contribution < 1.29 is 10.2 Å². The van der Waals surface area contributed by atoms with Gasteiger partial charge in [0, 0.05) is 18.9 Å². The lowest BCUT2D eigenvalue weighted by molar-refractivity contribution is -0.0668. The Morgan fingerprint density at radius 1 is 1.60 bits per heavy atom. The maximum atomic E-state index is 9.82. The number of aryl methyl sites for hydroxylation is 2. The third kappa shape index (κ3) is 3.04. The fourth-order valence-electron chi connectivity index (χ4n) is 1.48. The predicted molar refractivity (Wildman–Crippen MR) is 58.5 cm³/mol. The Morgan fingerprint density at radius 3 is 2.73 bits per heavy atom. The highest BCUT2D eigenvalue weighted by Crippen LogP contribution is 2.18. The van der Waals surface area contributed by atoms with Gasteiger partial charge < -0.3 is 10.2 Å². The van der Waals surface area contributed by atoms with Gasteiger partial charge in [-0.2, -0.15) is 5.10 Å². The average Bonchev–Trinajstić information content (AvgIpc) is 2.60. The summed E-state index contributed by atoms with van der Waals surface area (Å²) in [5, 5.41) is 23.7. The maximum absolute atomic E-state index is 9.82. The van der Waals surface area contributed by atoms with Crippen LogP contribution in [0, 0.1) is 0 Å². The molecule has 4 nitrogen and oxygen atoms in total. The Labute approximate surface area is 90.5 Å². The molecule has 0 radical (unpaired) electrons. The van der Waals surface area contributed by atoms with E-state index < -0.39 is 11.7 Å². The van der Waals surface area contributed by atoms with Crippen molar-refractivity contribution in [1.29, 1.82) is 0 Å². The summed E-state index contributed by atoms with van der Waals surface area (Å²) < 4.78 is 1.79. The second kappa shape index (κ2) is 4.77. The minimum Gasteiger partial charge on any atom is -0.390 e. The molecule has 0 saturated heterocycles. The van der Waals surface area contributed by atoms with E-state index >= 15 is 0 Å². The lowest BCUT2D eigenvalue weighted by Gasteiger charge is -2.27. The van der Waals surface area contributed by atoms with Crippen LogP contribution in [-0.4, -0.2) is 31.7 Å². The minimum absolute atomic E-state index is 0.555. The smallest absolute Gasteiger partial charge is 0.0875 e. The molecule has 0 saturated carbocycles. The predicted octanol–water partition coefficient (Wildman–Crippen LogP) is 0.875. The molecule has 1 heterocycles. The van der Waals surface area contributed by atoms with E-state index in [-0.39, 0.29) is 0 Å². The lowest BCUT2D eigenvalue weighted by Crippen LogP contribution is -2.38. The van der Waals surface area contributed by atoms with Crippen LogP contribution in [0.25, 0.3) is 0 Å². The van der Waals surface area contributed by atoms with Crippen molar-refractivity contribution in [2.75, 3.05) is 0 Å². The second-order valence-corrected chi connectivity index (χ2v) is 4.21. The molecular weight excluding hydrogens is 192 g/mol. The summed E-state index contributed by atoms with van der Waals surface area (Å²) >= 11 is 0. The molecule has 1 aromatic rings. The van der Waals surface area contributed by atoms with E-state index in [1.54, 1.807) is 17.8 Å². The fraction of sp³-hybridized carbons (Fsp3) is 0.727. The first-order valence-electron chi connectivity index (χ1n) is 5.34. The quantitative estimate of drug-likeness (QED) is 0.761. The van der Waals surface area contributed by atoms with E-state index in [0.29, 0.717) is 12.8 Å². The molecule has 0 bridgehead atoms. The first-order chi connectivity index (χ1) is 6.97. The van der Waals surface area contributed by atoms with Crippen molar-refractivity contribution in [3.8, 4) is 0 Å². The molecule has 1 rings (SSSR count). The lowest BCUT2D eigenvalue weighted by atomic mass is 9.92. The average molecular weight is 212 g/mol. The zero-order chi connectivity index (χ0) is 11.5. The largest absolute Gasteiger partial charge is 0.390 e. The standard InChI is InChI=1S/C11H20N2O2/c1-4-11(2,15)10(14)6-5-9-7-8-12-13(9)3/h7-8,10,14-15H,4-6H2,1-3H3. The molecule has 0 aromatic carbocycles. The molecule has 2 unspecified atom stereocenters. The van der Waals surface area contributed by atoms with E-state index in [2.05, 4.69) is 5.10 Å². The van der Waals surface area contributed by atoms with Gasteiger partial charge in [-0.25, -0.2) is 0 Å². The van der Waals surface area contributed by atoms with Crippen LogP contribution in [0.1, 0.15) is 32.4 Å². The number of rotatable bonds is 5. The number of hydrogen-bond donors (Lipinski definition) is 2. The van der Waals surface area contributed by atoms with Crippen molar-refractivity contribution in [1.82, 2.24) is 9.78 Å². The molecule has 1 aromatic heterocycles. The van der Waals surface area contributed by atoms with E-state index in [4.69, 9.17) is 0 Å². The van der Waals surface area contributed by atoms with Crippen LogP contribution in [0.3, 0.4) is 0 Å². The number of aromatic nitrogens is 2. The number of nitrogens with zero attached hydrogens (tertiary/aromatic N) is 2. The number of aliphatic hydroxyl groups is 2. The van der Waals surface area contributed by atoms with Gasteiger partial charge in [-0.1, -0.05) is 6.92 Å². The van der Waals surface area contributed by atoms with Crippen LogP contribution in [0.5, 0.6) is 0 Å². The Bertz CT molecular complexity index is 307. The Morgan fingerprint density at radius 2 is 2.27 bits per heavy atom. The van der Waals surface area contributed by atoms with Crippen LogP contribution in [0.4, 0.5) is 0 Å². The summed E-state index contributed by atoms with van der Waals surface area (Å²) in [6.07, 6.45) is 2.89. The van der Waals surface area contributed by atoms with Gasteiger partial charge in [0.1, 0.15) is 0 Å². The van der Waals surface area contributed by atoms with Gasteiger partial charge in [-0.3, -0.25) is 4.68 Å². The third-order valence-corrected chi connectivity index (χ3v) is 3.03. The SMILES string of the molecule is CCC(C)(O)C(O)CCc1ccnn1C. The van der Waals surface area contributed by atoms with Gasteiger partial charge in [0.05, 0.1) is 11.7 Å². The van der Waals surface area contributed by atoms with Crippen molar-refractivity contribution in [2.45, 2.75) is 44.8 Å². The second-order valence-electron chi connectivity index (χ2n) is 4.21. The summed E-state index contributed by atoms with van der Waals surface area (Å²) in [5.74, 6) is 0. The molecular formula is C11H20N2O2. The zero-order valence-corrected chi connectivity index (χ0v) is 9.64. The first-order valence-corrected chi connectivity index (χ1v) is 5.34. The normalized spacial score (nSPS) is 17.4. The van der Waals surface area contributed by atoms with Crippen molar-refractivity contribution in [2.24, 2.45) is 7.05 Å². The fourth-order valence-corrected chi connectivity index (χ4v) is 1.48. The molecule has 0 fully saturated rings. The molecule has 2 N–H and O–H groups in total. The molecule has 0 aliphatic carbocycles. The van der Waals surface area contributed by atoms with E-state index in [1.807, 2.05) is 20.0 Å². The summed E-state index contributed by atoms with van der Waals surface area (Å²) in [6, 6.07) is 1.92. The Hall–Kier alpha value is -0.870. The maximum Gasteiger partial charge on any atom is 0.0875 e. The van der Waals surface area contributed by atoms with E-state index in [1.165, 1.54) is 0 Å². The summed E-state index contributed by atoms with van der Waals surface area (Å²) in [5.41, 5.74) is 0.0828. The minimum atomic E-state index is -0.988. The molecule has 15 heavy (non-hydrogen) atoms. The van der Waals surface area contributed by atoms with Crippen LogP contribution < -0.4 is 0 Å². The molecule has 2 atom stereocenters. The Kier molecular flexibility index (Phi) is 3.88.